The van der Waals surface area contributed by atoms with E-state index in [1.54, 1.807) is 5.57 Å². The van der Waals surface area contributed by atoms with Crippen molar-refractivity contribution in [2.24, 2.45) is 57.2 Å². The van der Waals surface area contributed by atoms with Crippen LogP contribution in [-0.4, -0.2) is 47.9 Å². The van der Waals surface area contributed by atoms with Crippen LogP contribution in [0.2, 0.25) is 0 Å². The molecule has 7 aliphatic rings. The fraction of sp³-hybridized carbons (Fsp3) is 0.804. The van der Waals surface area contributed by atoms with Gasteiger partial charge in [-0.05, 0) is 154 Å². The van der Waals surface area contributed by atoms with Gasteiger partial charge in [0.25, 0.3) is 0 Å². The van der Waals surface area contributed by atoms with Gasteiger partial charge in [0.15, 0.2) is 0 Å². The number of nitrogens with zero attached hydrogens (tertiary/aromatic N) is 2. The van der Waals surface area contributed by atoms with Gasteiger partial charge in [0.2, 0.25) is 5.91 Å². The van der Waals surface area contributed by atoms with Gasteiger partial charge in [0, 0.05) is 19.1 Å². The molecule has 1 heterocycles. The fourth-order valence-corrected chi connectivity index (χ4v) is 13.9. The van der Waals surface area contributed by atoms with Crippen LogP contribution in [0, 0.1) is 64.1 Å². The lowest BCUT2D eigenvalue weighted by molar-refractivity contribution is -0.185. The second-order valence-electron chi connectivity index (χ2n) is 19.6. The zero-order chi connectivity index (χ0) is 34.8. The van der Waals surface area contributed by atoms with Crippen LogP contribution in [0.25, 0.3) is 5.57 Å². The van der Waals surface area contributed by atoms with Crippen molar-refractivity contribution in [2.75, 3.05) is 26.2 Å². The summed E-state index contributed by atoms with van der Waals surface area (Å²) in [5.74, 6) is 5.37. The van der Waals surface area contributed by atoms with Gasteiger partial charge in [-0.1, -0.05) is 104 Å². The second-order valence-corrected chi connectivity index (χ2v) is 19.6. The normalized spacial score (nSPS) is 40.8. The average molecular weight is 669 g/mol. The number of hydrogen-bond donors (Lipinski definition) is 0. The Hall–Kier alpha value is -1.61. The predicted octanol–water partition coefficient (Wildman–Crippen LogP) is 11.2. The van der Waals surface area contributed by atoms with E-state index < -0.39 is 0 Å². The number of rotatable bonds is 6. The van der Waals surface area contributed by atoms with Crippen LogP contribution < -0.4 is 0 Å². The minimum Gasteiger partial charge on any atom is -0.338 e. The zero-order valence-electron chi connectivity index (χ0n) is 33.0. The molecule has 0 radical (unpaired) electrons. The zero-order valence-corrected chi connectivity index (χ0v) is 33.0. The number of benzene rings is 1. The first kappa shape index (κ1) is 35.8. The summed E-state index contributed by atoms with van der Waals surface area (Å²) in [6.45, 7) is 23.9. The van der Waals surface area contributed by atoms with Crippen molar-refractivity contribution in [3.8, 4) is 0 Å². The maximum Gasteiger partial charge on any atom is 0.229 e. The molecular weight excluding hydrogens is 597 g/mol. The Morgan fingerprint density at radius 1 is 0.796 bits per heavy atom. The van der Waals surface area contributed by atoms with Crippen LogP contribution in [0.4, 0.5) is 0 Å². The molecule has 6 fully saturated rings. The minimum atomic E-state index is -0.0597. The topological polar surface area (TPSA) is 23.6 Å². The Kier molecular flexibility index (Phi) is 9.80. The smallest absolute Gasteiger partial charge is 0.229 e. The molecule has 1 amide bonds. The van der Waals surface area contributed by atoms with E-state index in [9.17, 15) is 4.79 Å². The van der Waals surface area contributed by atoms with E-state index in [4.69, 9.17) is 0 Å². The molecule has 0 bridgehead atoms. The number of fused-ring (bicyclic) bond motifs is 7. The molecule has 9 unspecified atom stereocenters. The van der Waals surface area contributed by atoms with Gasteiger partial charge in [-0.25, -0.2) is 0 Å². The number of likely N-dealkylation sites (tertiary alicyclic amines) is 1. The van der Waals surface area contributed by atoms with Gasteiger partial charge < -0.3 is 9.80 Å². The van der Waals surface area contributed by atoms with Crippen molar-refractivity contribution in [3.63, 3.8) is 0 Å². The van der Waals surface area contributed by atoms with E-state index in [0.717, 1.165) is 68.6 Å². The van der Waals surface area contributed by atoms with Gasteiger partial charge in [0.1, 0.15) is 0 Å². The molecular formula is C46H72N2O. The largest absolute Gasteiger partial charge is 0.338 e. The van der Waals surface area contributed by atoms with Crippen molar-refractivity contribution in [1.29, 1.82) is 0 Å². The lowest BCUT2D eigenvalue weighted by Gasteiger charge is -2.68. The molecule has 1 saturated heterocycles. The standard InChI is InChI=1S/C42H64N2O.C4H8/c1-8-43(9-2)28-31-12-11-27-44(31)38(45)42-23-10-13-35(42)32-18-19-37-40(6,34(32)21-26-42)25-22-36-39(4,5)33(20-24-41(36,37)7)30-16-14-29(3)15-17-30;1-4-2-3-4/h14-17,20,31-32,34-37H,8-13,18-19,21-28H2,1-7H3;4H,2-3H2,1H3. The molecule has 8 rings (SSSR count). The summed E-state index contributed by atoms with van der Waals surface area (Å²) in [6, 6.07) is 9.77. The van der Waals surface area contributed by atoms with E-state index in [1.165, 1.54) is 88.2 Å². The van der Waals surface area contributed by atoms with E-state index in [0.29, 0.717) is 28.7 Å². The lowest BCUT2D eigenvalue weighted by atomic mass is 9.36. The van der Waals surface area contributed by atoms with E-state index in [-0.39, 0.29) is 10.8 Å². The molecule has 6 aliphatic carbocycles. The van der Waals surface area contributed by atoms with Crippen LogP contribution >= 0.6 is 0 Å². The summed E-state index contributed by atoms with van der Waals surface area (Å²) in [5.41, 5.74) is 5.29. The number of hydrogen-bond acceptors (Lipinski definition) is 2. The number of carbonyl (C=O) groups excluding carboxylic acids is 1. The number of amides is 1. The number of likely N-dealkylation sites (N-methyl/N-ethyl adjacent to an activating group) is 1. The van der Waals surface area contributed by atoms with Crippen LogP contribution in [0.15, 0.2) is 30.3 Å². The summed E-state index contributed by atoms with van der Waals surface area (Å²) >= 11 is 0. The van der Waals surface area contributed by atoms with Gasteiger partial charge in [0.05, 0.1) is 5.41 Å². The summed E-state index contributed by atoms with van der Waals surface area (Å²) in [6.07, 6.45) is 21.0. The third-order valence-electron chi connectivity index (χ3n) is 16.7. The summed E-state index contributed by atoms with van der Waals surface area (Å²) in [4.78, 5) is 19.7. The number of allylic oxidation sites excluding steroid dienone is 2. The first-order valence-electron chi connectivity index (χ1n) is 21.2. The fourth-order valence-electron chi connectivity index (χ4n) is 13.9. The van der Waals surface area contributed by atoms with Crippen molar-refractivity contribution >= 4 is 11.5 Å². The highest BCUT2D eigenvalue weighted by Crippen LogP contribution is 2.73. The molecule has 5 saturated carbocycles. The highest BCUT2D eigenvalue weighted by molar-refractivity contribution is 5.84. The van der Waals surface area contributed by atoms with Crippen LogP contribution in [0.3, 0.4) is 0 Å². The highest BCUT2D eigenvalue weighted by Gasteiger charge is 2.67. The van der Waals surface area contributed by atoms with Crippen molar-refractivity contribution in [1.82, 2.24) is 9.80 Å². The highest BCUT2D eigenvalue weighted by atomic mass is 16.2. The first-order chi connectivity index (χ1) is 23.4. The van der Waals surface area contributed by atoms with Gasteiger partial charge in [-0.3, -0.25) is 4.79 Å². The van der Waals surface area contributed by atoms with Crippen LogP contribution in [-0.2, 0) is 4.79 Å². The second kappa shape index (κ2) is 13.4. The molecule has 3 heteroatoms. The van der Waals surface area contributed by atoms with E-state index >= 15 is 0 Å². The van der Waals surface area contributed by atoms with Crippen molar-refractivity contribution < 1.29 is 4.79 Å². The first-order valence-corrected chi connectivity index (χ1v) is 21.2. The molecule has 0 spiro atoms. The molecule has 3 nitrogen and oxygen atoms in total. The Balaban J connectivity index is 0.000000883. The van der Waals surface area contributed by atoms with Gasteiger partial charge in [-0.15, -0.1) is 0 Å². The SMILES string of the molecule is CC1CC1.CCN(CC)CC1CCCN1C(=O)C12CCCC1C1CCC3C(C)(CCC4C(C)(C)C(c5ccc(C)cc5)=CCC43C)C1CC2. The number of carbonyl (C=O) groups is 1. The molecule has 49 heavy (non-hydrogen) atoms. The van der Waals surface area contributed by atoms with Crippen LogP contribution in [0.5, 0.6) is 0 Å². The third kappa shape index (κ3) is 6.00. The van der Waals surface area contributed by atoms with E-state index in [2.05, 4.69) is 95.5 Å². The minimum absolute atomic E-state index is 0.0597. The van der Waals surface area contributed by atoms with E-state index in [1.807, 2.05) is 0 Å². The molecule has 272 valence electrons. The molecule has 1 aromatic rings. The van der Waals surface area contributed by atoms with Gasteiger partial charge >= 0.3 is 0 Å². The Morgan fingerprint density at radius 2 is 1.51 bits per heavy atom. The van der Waals surface area contributed by atoms with Gasteiger partial charge in [-0.2, -0.15) is 0 Å². The third-order valence-corrected chi connectivity index (χ3v) is 16.7. The van der Waals surface area contributed by atoms with Crippen LogP contribution in [0.1, 0.15) is 149 Å². The molecule has 0 aromatic heterocycles. The van der Waals surface area contributed by atoms with Crippen molar-refractivity contribution in [3.05, 3.63) is 41.5 Å². The number of aryl methyl sites for hydroxylation is 1. The molecule has 0 N–H and O–H groups in total. The lowest BCUT2D eigenvalue weighted by Crippen LogP contribution is -2.62. The predicted molar refractivity (Wildman–Crippen MR) is 206 cm³/mol. The quantitative estimate of drug-likeness (QED) is 0.301. The average Bonchev–Trinajstić information content (AvgIpc) is 3.52. The monoisotopic (exact) mass is 669 g/mol. The molecule has 9 atom stereocenters. The summed E-state index contributed by atoms with van der Waals surface area (Å²) < 4.78 is 0. The summed E-state index contributed by atoms with van der Waals surface area (Å²) in [7, 11) is 0. The maximum atomic E-state index is 14.8. The maximum absolute atomic E-state index is 14.8. The summed E-state index contributed by atoms with van der Waals surface area (Å²) in [5, 5.41) is 0. The Labute approximate surface area is 301 Å². The molecule has 1 aromatic carbocycles. The van der Waals surface area contributed by atoms with Crippen molar-refractivity contribution in [2.45, 2.75) is 151 Å². The molecule has 1 aliphatic heterocycles. The Morgan fingerprint density at radius 3 is 2.18 bits per heavy atom. The Bertz CT molecular complexity index is 1370.